The van der Waals surface area contributed by atoms with Gasteiger partial charge in [-0.25, -0.2) is 0 Å². The van der Waals surface area contributed by atoms with Crippen LogP contribution in [0.1, 0.15) is 28.9 Å². The Morgan fingerprint density at radius 1 is 1.10 bits per heavy atom. The van der Waals surface area contributed by atoms with E-state index in [4.69, 9.17) is 23.2 Å². The van der Waals surface area contributed by atoms with E-state index in [9.17, 15) is 15.0 Å². The Kier molecular flexibility index (Phi) is 4.60. The fourth-order valence-corrected chi connectivity index (χ4v) is 2.45. The van der Waals surface area contributed by atoms with Gasteiger partial charge in [0.15, 0.2) is 11.5 Å². The van der Waals surface area contributed by atoms with Crippen LogP contribution in [0.3, 0.4) is 0 Å². The summed E-state index contributed by atoms with van der Waals surface area (Å²) in [6.07, 6.45) is 0. The van der Waals surface area contributed by atoms with Gasteiger partial charge in [-0.3, -0.25) is 4.79 Å². The van der Waals surface area contributed by atoms with Crippen LogP contribution in [0.5, 0.6) is 11.5 Å². The van der Waals surface area contributed by atoms with Crippen molar-refractivity contribution in [3.05, 3.63) is 57.6 Å². The van der Waals surface area contributed by atoms with E-state index in [-0.39, 0.29) is 29.0 Å². The average Bonchev–Trinajstić information content (AvgIpc) is 2.41. The van der Waals surface area contributed by atoms with Crippen LogP contribution in [-0.4, -0.2) is 16.1 Å². The second-order valence-corrected chi connectivity index (χ2v) is 5.41. The third-order valence-corrected chi connectivity index (χ3v) is 3.58. The minimum atomic E-state index is -0.385. The highest BCUT2D eigenvalue weighted by atomic mass is 35.5. The summed E-state index contributed by atoms with van der Waals surface area (Å²) in [7, 11) is 0. The van der Waals surface area contributed by atoms with Crippen LogP contribution in [-0.2, 0) is 0 Å². The molecule has 0 aliphatic rings. The van der Waals surface area contributed by atoms with E-state index in [0.717, 1.165) is 5.56 Å². The largest absolute Gasteiger partial charge is 0.504 e. The van der Waals surface area contributed by atoms with Gasteiger partial charge in [-0.1, -0.05) is 29.3 Å². The highest BCUT2D eigenvalue weighted by molar-refractivity contribution is 6.35. The van der Waals surface area contributed by atoms with E-state index in [1.54, 1.807) is 25.1 Å². The first-order valence-corrected chi connectivity index (χ1v) is 6.92. The van der Waals surface area contributed by atoms with Crippen LogP contribution in [0.15, 0.2) is 36.4 Å². The monoisotopic (exact) mass is 325 g/mol. The molecule has 3 N–H and O–H groups in total. The second kappa shape index (κ2) is 6.24. The Hall–Kier alpha value is -1.91. The first-order chi connectivity index (χ1) is 9.88. The lowest BCUT2D eigenvalue weighted by Crippen LogP contribution is -2.26. The van der Waals surface area contributed by atoms with Crippen molar-refractivity contribution >= 4 is 29.1 Å². The van der Waals surface area contributed by atoms with Gasteiger partial charge in [0, 0.05) is 15.6 Å². The number of nitrogens with one attached hydrogen (secondary N) is 1. The third kappa shape index (κ3) is 3.60. The Morgan fingerprint density at radius 3 is 2.43 bits per heavy atom. The zero-order chi connectivity index (χ0) is 15.6. The number of benzene rings is 2. The highest BCUT2D eigenvalue weighted by Crippen LogP contribution is 2.27. The zero-order valence-corrected chi connectivity index (χ0v) is 12.6. The molecule has 2 aromatic rings. The Balaban J connectivity index is 2.16. The smallest absolute Gasteiger partial charge is 0.251 e. The number of carbonyl (C=O) groups is 1. The van der Waals surface area contributed by atoms with Crippen molar-refractivity contribution in [2.45, 2.75) is 13.0 Å². The maximum Gasteiger partial charge on any atom is 0.251 e. The summed E-state index contributed by atoms with van der Waals surface area (Å²) < 4.78 is 0. The van der Waals surface area contributed by atoms with Crippen molar-refractivity contribution in [2.24, 2.45) is 0 Å². The topological polar surface area (TPSA) is 69.6 Å². The van der Waals surface area contributed by atoms with Crippen molar-refractivity contribution in [3.63, 3.8) is 0 Å². The van der Waals surface area contributed by atoms with E-state index in [1.807, 2.05) is 0 Å². The number of rotatable bonds is 3. The SMILES string of the molecule is CC(NC(=O)c1ccc(O)c(O)c1)c1ccc(Cl)cc1Cl. The molecular formula is C15H13Cl2NO3. The number of hydrogen-bond acceptors (Lipinski definition) is 3. The van der Waals surface area contributed by atoms with Crippen molar-refractivity contribution in [1.82, 2.24) is 5.32 Å². The van der Waals surface area contributed by atoms with Crippen LogP contribution < -0.4 is 5.32 Å². The maximum absolute atomic E-state index is 12.1. The lowest BCUT2D eigenvalue weighted by molar-refractivity contribution is 0.0939. The van der Waals surface area contributed by atoms with Gasteiger partial charge in [-0.2, -0.15) is 0 Å². The molecule has 1 amide bonds. The summed E-state index contributed by atoms with van der Waals surface area (Å²) in [4.78, 5) is 12.1. The van der Waals surface area contributed by atoms with E-state index >= 15 is 0 Å². The summed E-state index contributed by atoms with van der Waals surface area (Å²) in [5, 5.41) is 22.4. The van der Waals surface area contributed by atoms with Crippen molar-refractivity contribution in [2.75, 3.05) is 0 Å². The van der Waals surface area contributed by atoms with E-state index in [2.05, 4.69) is 5.32 Å². The molecule has 6 heteroatoms. The van der Waals surface area contributed by atoms with Gasteiger partial charge < -0.3 is 15.5 Å². The normalized spacial score (nSPS) is 12.0. The van der Waals surface area contributed by atoms with E-state index in [0.29, 0.717) is 10.0 Å². The lowest BCUT2D eigenvalue weighted by atomic mass is 10.1. The first kappa shape index (κ1) is 15.5. The molecule has 21 heavy (non-hydrogen) atoms. The molecule has 0 fully saturated rings. The predicted molar refractivity (Wildman–Crippen MR) is 82.1 cm³/mol. The third-order valence-electron chi connectivity index (χ3n) is 3.01. The number of carbonyl (C=O) groups excluding carboxylic acids is 1. The van der Waals surface area contributed by atoms with Gasteiger partial charge in [0.25, 0.3) is 5.91 Å². The first-order valence-electron chi connectivity index (χ1n) is 6.16. The molecule has 0 saturated carbocycles. The van der Waals surface area contributed by atoms with Gasteiger partial charge in [-0.15, -0.1) is 0 Å². The molecule has 0 spiro atoms. The maximum atomic E-state index is 12.1. The van der Waals surface area contributed by atoms with Crippen LogP contribution in [0.25, 0.3) is 0 Å². The van der Waals surface area contributed by atoms with E-state index < -0.39 is 0 Å². The summed E-state index contributed by atoms with van der Waals surface area (Å²) in [6.45, 7) is 1.79. The van der Waals surface area contributed by atoms with Crippen LogP contribution in [0, 0.1) is 0 Å². The fourth-order valence-electron chi connectivity index (χ4n) is 1.88. The molecule has 110 valence electrons. The predicted octanol–water partition coefficient (Wildman–Crippen LogP) is 3.90. The average molecular weight is 326 g/mol. The molecule has 0 aliphatic carbocycles. The van der Waals surface area contributed by atoms with Crippen LogP contribution in [0.2, 0.25) is 10.0 Å². The molecule has 0 aromatic heterocycles. The number of hydrogen-bond donors (Lipinski definition) is 3. The number of phenolic OH excluding ortho intramolecular Hbond substituents is 2. The molecule has 1 unspecified atom stereocenters. The molecule has 0 heterocycles. The minimum absolute atomic E-state index is 0.238. The lowest BCUT2D eigenvalue weighted by Gasteiger charge is -2.16. The molecule has 0 bridgehead atoms. The van der Waals surface area contributed by atoms with Crippen LogP contribution in [0.4, 0.5) is 0 Å². The molecule has 1 atom stereocenters. The van der Waals surface area contributed by atoms with Crippen molar-refractivity contribution in [3.8, 4) is 11.5 Å². The summed E-state index contributed by atoms with van der Waals surface area (Å²) in [6, 6.07) is 8.57. The minimum Gasteiger partial charge on any atom is -0.504 e. The zero-order valence-electron chi connectivity index (χ0n) is 11.1. The fraction of sp³-hybridized carbons (Fsp3) is 0.133. The standard InChI is InChI=1S/C15H13Cl2NO3/c1-8(11-4-3-10(16)7-12(11)17)18-15(21)9-2-5-13(19)14(20)6-9/h2-8,19-20H,1H3,(H,18,21). The number of halogens is 2. The molecule has 2 aromatic carbocycles. The number of aromatic hydroxyl groups is 2. The number of phenols is 2. The molecule has 0 radical (unpaired) electrons. The van der Waals surface area contributed by atoms with Gasteiger partial charge in [0.2, 0.25) is 0 Å². The highest BCUT2D eigenvalue weighted by Gasteiger charge is 2.15. The Morgan fingerprint density at radius 2 is 1.81 bits per heavy atom. The van der Waals surface area contributed by atoms with Crippen molar-refractivity contribution in [1.29, 1.82) is 0 Å². The summed E-state index contributed by atoms with van der Waals surface area (Å²) >= 11 is 11.9. The van der Waals surface area contributed by atoms with Gasteiger partial charge in [-0.05, 0) is 42.8 Å². The Bertz CT molecular complexity index is 689. The number of amides is 1. The summed E-state index contributed by atoms with van der Waals surface area (Å²) in [5.41, 5.74) is 0.972. The van der Waals surface area contributed by atoms with E-state index in [1.165, 1.54) is 18.2 Å². The summed E-state index contributed by atoms with van der Waals surface area (Å²) in [5.74, 6) is -1.01. The van der Waals surface area contributed by atoms with Crippen LogP contribution >= 0.6 is 23.2 Å². The molecule has 0 saturated heterocycles. The molecule has 0 aliphatic heterocycles. The van der Waals surface area contributed by atoms with Gasteiger partial charge >= 0.3 is 0 Å². The molecule has 2 rings (SSSR count). The molecular weight excluding hydrogens is 313 g/mol. The quantitative estimate of drug-likeness (QED) is 0.749. The Labute approximate surface area is 131 Å². The molecule has 4 nitrogen and oxygen atoms in total. The van der Waals surface area contributed by atoms with Gasteiger partial charge in [0.1, 0.15) is 0 Å². The van der Waals surface area contributed by atoms with Gasteiger partial charge in [0.05, 0.1) is 6.04 Å². The van der Waals surface area contributed by atoms with Crippen molar-refractivity contribution < 1.29 is 15.0 Å². The second-order valence-electron chi connectivity index (χ2n) is 4.56.